The van der Waals surface area contributed by atoms with Gasteiger partial charge in [0.1, 0.15) is 0 Å². The molecule has 15 heavy (non-hydrogen) atoms. The first-order chi connectivity index (χ1) is 7.15. The van der Waals surface area contributed by atoms with Gasteiger partial charge in [0.2, 0.25) is 5.91 Å². The molecule has 4 heteroatoms. The highest BCUT2D eigenvalue weighted by Crippen LogP contribution is 2.05. The second-order valence-electron chi connectivity index (χ2n) is 4.48. The Hall–Kier alpha value is -0.610. The van der Waals surface area contributed by atoms with E-state index in [9.17, 15) is 4.79 Å². The zero-order valence-electron chi connectivity index (χ0n) is 9.97. The normalized spacial score (nSPS) is 23.9. The Morgan fingerprint density at radius 3 is 2.67 bits per heavy atom. The second-order valence-corrected chi connectivity index (χ2v) is 4.48. The van der Waals surface area contributed by atoms with Crippen molar-refractivity contribution in [3.05, 3.63) is 0 Å². The lowest BCUT2D eigenvalue weighted by molar-refractivity contribution is -0.124. The zero-order chi connectivity index (χ0) is 11.3. The number of hydrogen-bond acceptors (Lipinski definition) is 3. The van der Waals surface area contributed by atoms with E-state index in [4.69, 9.17) is 0 Å². The molecule has 1 aliphatic heterocycles. The van der Waals surface area contributed by atoms with Gasteiger partial charge in [-0.25, -0.2) is 0 Å². The van der Waals surface area contributed by atoms with Crippen molar-refractivity contribution < 1.29 is 4.79 Å². The van der Waals surface area contributed by atoms with Crippen LogP contribution in [0, 0.1) is 5.92 Å². The van der Waals surface area contributed by atoms with Gasteiger partial charge in [-0.1, -0.05) is 20.8 Å². The van der Waals surface area contributed by atoms with E-state index >= 15 is 0 Å². The van der Waals surface area contributed by atoms with E-state index in [1.165, 1.54) is 0 Å². The van der Waals surface area contributed by atoms with Crippen LogP contribution in [0.1, 0.15) is 27.2 Å². The molecule has 0 saturated carbocycles. The van der Waals surface area contributed by atoms with Crippen LogP contribution in [0.25, 0.3) is 0 Å². The van der Waals surface area contributed by atoms with E-state index in [1.807, 2.05) is 0 Å². The van der Waals surface area contributed by atoms with Crippen LogP contribution in [0.2, 0.25) is 0 Å². The summed E-state index contributed by atoms with van der Waals surface area (Å²) in [6, 6.07) is 0.229. The van der Waals surface area contributed by atoms with Gasteiger partial charge in [-0.3, -0.25) is 4.79 Å². The molecule has 1 saturated heterocycles. The van der Waals surface area contributed by atoms with E-state index in [2.05, 4.69) is 36.7 Å². The molecule has 1 aliphatic rings. The highest BCUT2D eigenvalue weighted by molar-refractivity contribution is 5.82. The Labute approximate surface area is 92.2 Å². The molecule has 0 aromatic rings. The lowest BCUT2D eigenvalue weighted by atomic mass is 10.0. The van der Waals surface area contributed by atoms with Gasteiger partial charge >= 0.3 is 0 Å². The average Bonchev–Trinajstić information content (AvgIpc) is 2.26. The third kappa shape index (κ3) is 3.80. The second kappa shape index (κ2) is 6.08. The van der Waals surface area contributed by atoms with Crippen LogP contribution >= 0.6 is 0 Å². The highest BCUT2D eigenvalue weighted by Gasteiger charge is 2.23. The van der Waals surface area contributed by atoms with Gasteiger partial charge in [-0.2, -0.15) is 0 Å². The summed E-state index contributed by atoms with van der Waals surface area (Å²) in [7, 11) is 0. The number of amides is 1. The van der Waals surface area contributed by atoms with Gasteiger partial charge in [0.25, 0.3) is 0 Å². The number of carbonyl (C=O) groups excluding carboxylic acids is 1. The third-order valence-corrected chi connectivity index (χ3v) is 2.93. The molecule has 4 nitrogen and oxygen atoms in total. The van der Waals surface area contributed by atoms with Gasteiger partial charge < -0.3 is 16.0 Å². The van der Waals surface area contributed by atoms with Gasteiger partial charge in [-0.15, -0.1) is 0 Å². The summed E-state index contributed by atoms with van der Waals surface area (Å²) in [4.78, 5) is 11.9. The molecule has 0 aromatic heterocycles. The maximum absolute atomic E-state index is 11.9. The lowest BCUT2D eigenvalue weighted by Gasteiger charge is -2.27. The smallest absolute Gasteiger partial charge is 0.238 e. The number of carbonyl (C=O) groups is 1. The van der Waals surface area contributed by atoms with Crippen molar-refractivity contribution in [3.8, 4) is 0 Å². The summed E-state index contributed by atoms with van der Waals surface area (Å²) in [5.41, 5.74) is 0. The van der Waals surface area contributed by atoms with Crippen molar-refractivity contribution >= 4 is 5.91 Å². The Balaban J connectivity index is 2.38. The third-order valence-electron chi connectivity index (χ3n) is 2.93. The molecule has 1 rings (SSSR count). The van der Waals surface area contributed by atoms with Crippen molar-refractivity contribution in [2.45, 2.75) is 39.3 Å². The van der Waals surface area contributed by atoms with Crippen molar-refractivity contribution in [2.75, 3.05) is 19.6 Å². The standard InChI is InChI=1S/C11H23N3O/c1-4-9(8(2)3)14-11(15)10-7-12-5-6-13-10/h8-10,12-13H,4-7H2,1-3H3,(H,14,15). The summed E-state index contributed by atoms with van der Waals surface area (Å²) in [6.45, 7) is 8.95. The molecule has 1 fully saturated rings. The molecular weight excluding hydrogens is 190 g/mol. The number of nitrogens with one attached hydrogen (secondary N) is 3. The van der Waals surface area contributed by atoms with Crippen molar-refractivity contribution in [1.82, 2.24) is 16.0 Å². The fraction of sp³-hybridized carbons (Fsp3) is 0.909. The molecule has 2 atom stereocenters. The van der Waals surface area contributed by atoms with Gasteiger partial charge in [0.15, 0.2) is 0 Å². The van der Waals surface area contributed by atoms with E-state index in [-0.39, 0.29) is 11.9 Å². The van der Waals surface area contributed by atoms with Crippen LogP contribution in [0.3, 0.4) is 0 Å². The van der Waals surface area contributed by atoms with Crippen LogP contribution in [0.4, 0.5) is 0 Å². The topological polar surface area (TPSA) is 53.2 Å². The first kappa shape index (κ1) is 12.5. The largest absolute Gasteiger partial charge is 0.352 e. The van der Waals surface area contributed by atoms with Gasteiger partial charge in [0.05, 0.1) is 6.04 Å². The minimum Gasteiger partial charge on any atom is -0.352 e. The Bertz CT molecular complexity index is 200. The zero-order valence-corrected chi connectivity index (χ0v) is 9.97. The number of hydrogen-bond donors (Lipinski definition) is 3. The first-order valence-electron chi connectivity index (χ1n) is 5.89. The average molecular weight is 213 g/mol. The van der Waals surface area contributed by atoms with Crippen LogP contribution in [-0.2, 0) is 4.79 Å². The quantitative estimate of drug-likeness (QED) is 0.621. The van der Waals surface area contributed by atoms with Crippen LogP contribution in [-0.4, -0.2) is 37.6 Å². The van der Waals surface area contributed by atoms with Crippen molar-refractivity contribution in [1.29, 1.82) is 0 Å². The molecule has 1 amide bonds. The minimum absolute atomic E-state index is 0.0634. The summed E-state index contributed by atoms with van der Waals surface area (Å²) in [6.07, 6.45) is 0.990. The fourth-order valence-electron chi connectivity index (χ4n) is 1.86. The Morgan fingerprint density at radius 2 is 2.20 bits per heavy atom. The molecular formula is C11H23N3O. The lowest BCUT2D eigenvalue weighted by Crippen LogP contribution is -2.57. The van der Waals surface area contributed by atoms with Crippen LogP contribution in [0.5, 0.6) is 0 Å². The molecule has 0 aliphatic carbocycles. The monoisotopic (exact) mass is 213 g/mol. The van der Waals surface area contributed by atoms with E-state index in [1.54, 1.807) is 0 Å². The Kier molecular flexibility index (Phi) is 5.05. The predicted octanol–water partition coefficient (Wildman–Crippen LogP) is 0.0986. The van der Waals surface area contributed by atoms with Crippen LogP contribution < -0.4 is 16.0 Å². The molecule has 3 N–H and O–H groups in total. The SMILES string of the molecule is CCC(NC(=O)C1CNCCN1)C(C)C. The molecule has 0 bridgehead atoms. The van der Waals surface area contributed by atoms with Gasteiger partial charge in [-0.05, 0) is 12.3 Å². The van der Waals surface area contributed by atoms with Crippen molar-refractivity contribution in [2.24, 2.45) is 5.92 Å². The van der Waals surface area contributed by atoms with E-state index < -0.39 is 0 Å². The molecule has 88 valence electrons. The van der Waals surface area contributed by atoms with E-state index in [0.29, 0.717) is 12.0 Å². The highest BCUT2D eigenvalue weighted by atomic mass is 16.2. The molecule has 0 radical (unpaired) electrons. The summed E-state index contributed by atoms with van der Waals surface area (Å²) < 4.78 is 0. The number of piperazine rings is 1. The summed E-state index contributed by atoms with van der Waals surface area (Å²) in [5, 5.41) is 9.52. The van der Waals surface area contributed by atoms with E-state index in [0.717, 1.165) is 26.1 Å². The fourth-order valence-corrected chi connectivity index (χ4v) is 1.86. The Morgan fingerprint density at radius 1 is 1.47 bits per heavy atom. The molecule has 2 unspecified atom stereocenters. The summed E-state index contributed by atoms with van der Waals surface area (Å²) >= 11 is 0. The van der Waals surface area contributed by atoms with Crippen molar-refractivity contribution in [3.63, 3.8) is 0 Å². The first-order valence-corrected chi connectivity index (χ1v) is 5.89. The van der Waals surface area contributed by atoms with Gasteiger partial charge in [0, 0.05) is 25.7 Å². The number of rotatable bonds is 4. The minimum atomic E-state index is -0.0634. The van der Waals surface area contributed by atoms with Crippen LogP contribution in [0.15, 0.2) is 0 Å². The molecule has 1 heterocycles. The molecule has 0 aromatic carbocycles. The maximum Gasteiger partial charge on any atom is 0.238 e. The summed E-state index contributed by atoms with van der Waals surface area (Å²) in [5.74, 6) is 0.623. The maximum atomic E-state index is 11.9. The predicted molar refractivity (Wildman–Crippen MR) is 61.7 cm³/mol. The molecule has 0 spiro atoms.